The van der Waals surface area contributed by atoms with Crippen LogP contribution in [0.5, 0.6) is 11.5 Å². The minimum Gasteiger partial charge on any atom is -0.486 e. The summed E-state index contributed by atoms with van der Waals surface area (Å²) in [6, 6.07) is 6.88. The molecule has 0 spiro atoms. The predicted molar refractivity (Wildman–Crippen MR) is 64.0 cm³/mol. The molecule has 0 atom stereocenters. The number of H-pyrrole nitrogens is 1. The Morgan fingerprint density at radius 2 is 2.06 bits per heavy atom. The Bertz CT molecular complexity index is 566. The Kier molecular flexibility index (Phi) is 2.60. The average Bonchev–Trinajstić information content (AvgIpc) is 2.92. The van der Waals surface area contributed by atoms with E-state index in [2.05, 4.69) is 15.5 Å². The van der Waals surface area contributed by atoms with Crippen molar-refractivity contribution in [1.29, 1.82) is 0 Å². The first-order chi connectivity index (χ1) is 8.83. The summed E-state index contributed by atoms with van der Waals surface area (Å²) in [5, 5.41) is 9.07. The molecule has 1 amide bonds. The van der Waals surface area contributed by atoms with Crippen molar-refractivity contribution in [3.63, 3.8) is 0 Å². The minimum absolute atomic E-state index is 0.246. The lowest BCUT2D eigenvalue weighted by molar-refractivity contribution is 0.102. The summed E-state index contributed by atoms with van der Waals surface area (Å²) >= 11 is 0. The van der Waals surface area contributed by atoms with Gasteiger partial charge in [0.1, 0.15) is 18.9 Å². The van der Waals surface area contributed by atoms with Gasteiger partial charge in [-0.3, -0.25) is 9.89 Å². The lowest BCUT2D eigenvalue weighted by Crippen LogP contribution is -2.16. The number of anilines is 1. The molecular formula is C12H11N3O3. The maximum atomic E-state index is 11.8. The van der Waals surface area contributed by atoms with Crippen LogP contribution in [0.25, 0.3) is 0 Å². The Morgan fingerprint density at radius 3 is 2.83 bits per heavy atom. The highest BCUT2D eigenvalue weighted by molar-refractivity contribution is 6.02. The van der Waals surface area contributed by atoms with E-state index in [4.69, 9.17) is 9.47 Å². The van der Waals surface area contributed by atoms with Gasteiger partial charge in [0.2, 0.25) is 0 Å². The number of nitrogens with one attached hydrogen (secondary N) is 2. The van der Waals surface area contributed by atoms with E-state index in [1.54, 1.807) is 24.3 Å². The Hall–Kier alpha value is -2.50. The summed E-state index contributed by atoms with van der Waals surface area (Å²) in [5.74, 6) is 1.09. The largest absolute Gasteiger partial charge is 0.486 e. The fourth-order valence-electron chi connectivity index (χ4n) is 1.70. The molecule has 92 valence electrons. The topological polar surface area (TPSA) is 76.2 Å². The highest BCUT2D eigenvalue weighted by atomic mass is 16.6. The molecular weight excluding hydrogens is 234 g/mol. The molecule has 1 aromatic heterocycles. The number of carbonyl (C=O) groups excluding carboxylic acids is 1. The third kappa shape index (κ3) is 2.00. The summed E-state index contributed by atoms with van der Waals surface area (Å²) in [4.78, 5) is 11.8. The number of nitrogens with zero attached hydrogens (tertiary/aromatic N) is 1. The van der Waals surface area contributed by atoms with Crippen molar-refractivity contribution >= 4 is 11.6 Å². The van der Waals surface area contributed by atoms with Crippen LogP contribution >= 0.6 is 0 Å². The molecule has 0 bridgehead atoms. The molecule has 0 saturated heterocycles. The van der Waals surface area contributed by atoms with Gasteiger partial charge in [-0.05, 0) is 18.2 Å². The van der Waals surface area contributed by atoms with E-state index in [9.17, 15) is 4.79 Å². The molecule has 0 saturated carbocycles. The third-order valence-electron chi connectivity index (χ3n) is 2.55. The lowest BCUT2D eigenvalue weighted by Gasteiger charge is -2.18. The second-order valence-corrected chi connectivity index (χ2v) is 3.78. The van der Waals surface area contributed by atoms with Crippen LogP contribution < -0.4 is 14.8 Å². The van der Waals surface area contributed by atoms with Gasteiger partial charge < -0.3 is 14.8 Å². The van der Waals surface area contributed by atoms with E-state index in [-0.39, 0.29) is 5.91 Å². The molecule has 0 unspecified atom stereocenters. The molecule has 1 aliphatic heterocycles. The molecule has 2 N–H and O–H groups in total. The van der Waals surface area contributed by atoms with Gasteiger partial charge >= 0.3 is 0 Å². The predicted octanol–water partition coefficient (Wildman–Crippen LogP) is 1.43. The standard InChI is InChI=1S/C12H11N3O3/c16-12(9-3-4-13-15-9)14-8-1-2-10-11(7-8)18-6-5-17-10/h1-4,7H,5-6H2,(H,13,15)(H,14,16). The number of amides is 1. The van der Waals surface area contributed by atoms with Crippen LogP contribution in [-0.4, -0.2) is 29.3 Å². The van der Waals surface area contributed by atoms with Crippen molar-refractivity contribution in [3.05, 3.63) is 36.2 Å². The number of benzene rings is 1. The van der Waals surface area contributed by atoms with Crippen molar-refractivity contribution in [3.8, 4) is 11.5 Å². The Labute approximate surface area is 103 Å². The van der Waals surface area contributed by atoms with Crippen LogP contribution in [0, 0.1) is 0 Å². The number of hydrogen-bond donors (Lipinski definition) is 2. The van der Waals surface area contributed by atoms with Gasteiger partial charge in [-0.1, -0.05) is 0 Å². The van der Waals surface area contributed by atoms with Crippen molar-refractivity contribution in [2.24, 2.45) is 0 Å². The van der Waals surface area contributed by atoms with Gasteiger partial charge in [0.25, 0.3) is 5.91 Å². The maximum Gasteiger partial charge on any atom is 0.273 e. The first kappa shape index (κ1) is 10.6. The SMILES string of the molecule is O=C(Nc1ccc2c(c1)OCCO2)c1ccn[nH]1. The van der Waals surface area contributed by atoms with Crippen molar-refractivity contribution in [2.75, 3.05) is 18.5 Å². The molecule has 2 heterocycles. The normalized spacial score (nSPS) is 13.1. The molecule has 0 aliphatic carbocycles. The molecule has 1 aromatic carbocycles. The molecule has 2 aromatic rings. The third-order valence-corrected chi connectivity index (χ3v) is 2.55. The molecule has 18 heavy (non-hydrogen) atoms. The van der Waals surface area contributed by atoms with E-state index in [1.165, 1.54) is 6.20 Å². The summed E-state index contributed by atoms with van der Waals surface area (Å²) in [6.45, 7) is 1.07. The number of aromatic nitrogens is 2. The number of aromatic amines is 1. The van der Waals surface area contributed by atoms with Gasteiger partial charge in [-0.2, -0.15) is 5.10 Å². The van der Waals surface area contributed by atoms with Gasteiger partial charge in [0.05, 0.1) is 0 Å². The lowest BCUT2D eigenvalue weighted by atomic mass is 10.2. The van der Waals surface area contributed by atoms with Crippen LogP contribution in [0.4, 0.5) is 5.69 Å². The van der Waals surface area contributed by atoms with E-state index in [0.717, 1.165) is 0 Å². The molecule has 3 rings (SSSR count). The zero-order valence-corrected chi connectivity index (χ0v) is 9.47. The fourth-order valence-corrected chi connectivity index (χ4v) is 1.70. The van der Waals surface area contributed by atoms with Crippen LogP contribution in [0.2, 0.25) is 0 Å². The van der Waals surface area contributed by atoms with E-state index >= 15 is 0 Å². The number of rotatable bonds is 2. The van der Waals surface area contributed by atoms with E-state index in [0.29, 0.717) is 36.1 Å². The average molecular weight is 245 g/mol. The van der Waals surface area contributed by atoms with Gasteiger partial charge in [0.15, 0.2) is 11.5 Å². The summed E-state index contributed by atoms with van der Waals surface area (Å²) in [5.41, 5.74) is 1.06. The Balaban J connectivity index is 1.79. The van der Waals surface area contributed by atoms with Gasteiger partial charge in [0, 0.05) is 18.0 Å². The highest BCUT2D eigenvalue weighted by Gasteiger charge is 2.13. The number of hydrogen-bond acceptors (Lipinski definition) is 4. The van der Waals surface area contributed by atoms with Crippen LogP contribution in [0.1, 0.15) is 10.5 Å². The number of ether oxygens (including phenoxy) is 2. The van der Waals surface area contributed by atoms with Gasteiger partial charge in [-0.15, -0.1) is 0 Å². The zero-order valence-electron chi connectivity index (χ0n) is 9.47. The van der Waals surface area contributed by atoms with Crippen molar-refractivity contribution in [2.45, 2.75) is 0 Å². The second kappa shape index (κ2) is 4.40. The van der Waals surface area contributed by atoms with E-state index in [1.807, 2.05) is 0 Å². The monoisotopic (exact) mass is 245 g/mol. The molecule has 1 aliphatic rings. The van der Waals surface area contributed by atoms with E-state index < -0.39 is 0 Å². The molecule has 0 radical (unpaired) electrons. The molecule has 6 heteroatoms. The number of fused-ring (bicyclic) bond motifs is 1. The number of carbonyl (C=O) groups is 1. The first-order valence-electron chi connectivity index (χ1n) is 5.53. The van der Waals surface area contributed by atoms with Crippen molar-refractivity contribution in [1.82, 2.24) is 10.2 Å². The quantitative estimate of drug-likeness (QED) is 0.839. The smallest absolute Gasteiger partial charge is 0.273 e. The summed E-state index contributed by atoms with van der Waals surface area (Å²) in [7, 11) is 0. The summed E-state index contributed by atoms with van der Waals surface area (Å²) < 4.78 is 10.8. The molecule has 0 fully saturated rings. The first-order valence-corrected chi connectivity index (χ1v) is 5.53. The van der Waals surface area contributed by atoms with Crippen LogP contribution in [0.15, 0.2) is 30.5 Å². The zero-order chi connectivity index (χ0) is 12.4. The summed E-state index contributed by atoms with van der Waals surface area (Å²) in [6.07, 6.45) is 1.53. The maximum absolute atomic E-state index is 11.8. The van der Waals surface area contributed by atoms with Crippen LogP contribution in [0.3, 0.4) is 0 Å². The highest BCUT2D eigenvalue weighted by Crippen LogP contribution is 2.32. The second-order valence-electron chi connectivity index (χ2n) is 3.78. The Morgan fingerprint density at radius 1 is 1.22 bits per heavy atom. The minimum atomic E-state index is -0.246. The van der Waals surface area contributed by atoms with Crippen molar-refractivity contribution < 1.29 is 14.3 Å². The van der Waals surface area contributed by atoms with Gasteiger partial charge in [-0.25, -0.2) is 0 Å². The van der Waals surface area contributed by atoms with Crippen LogP contribution in [-0.2, 0) is 0 Å². The fraction of sp³-hybridized carbons (Fsp3) is 0.167. The molecule has 6 nitrogen and oxygen atoms in total.